The highest BCUT2D eigenvalue weighted by Crippen LogP contribution is 2.31. The highest BCUT2D eigenvalue weighted by Gasteiger charge is 2.18. The molecule has 0 radical (unpaired) electrons. The van der Waals surface area contributed by atoms with E-state index in [0.29, 0.717) is 27.5 Å². The van der Waals surface area contributed by atoms with Crippen molar-refractivity contribution in [3.63, 3.8) is 0 Å². The number of halogens is 2. The number of amides is 2. The first kappa shape index (κ1) is 21.6. The Hall–Kier alpha value is -2.13. The predicted molar refractivity (Wildman–Crippen MR) is 118 cm³/mol. The summed E-state index contributed by atoms with van der Waals surface area (Å²) < 4.78 is 5.62. The van der Waals surface area contributed by atoms with Gasteiger partial charge >= 0.3 is 0 Å². The summed E-state index contributed by atoms with van der Waals surface area (Å²) in [4.78, 5) is 29.9. The average molecular weight is 470 g/mol. The van der Waals surface area contributed by atoms with Gasteiger partial charge in [-0.1, -0.05) is 23.2 Å². The third kappa shape index (κ3) is 5.93. The average Bonchev–Trinajstić information content (AvgIpc) is 3.31. The molecule has 152 valence electrons. The van der Waals surface area contributed by atoms with Gasteiger partial charge in [0.25, 0.3) is 5.91 Å². The third-order valence-corrected chi connectivity index (χ3v) is 6.12. The predicted octanol–water partition coefficient (Wildman–Crippen LogP) is 5.22. The Morgan fingerprint density at radius 2 is 2.03 bits per heavy atom. The topological polar surface area (TPSA) is 80.3 Å². The molecular weight excluding hydrogens is 453 g/mol. The van der Waals surface area contributed by atoms with Crippen LogP contribution in [0.4, 0.5) is 5.13 Å². The molecule has 0 unspecified atom stereocenters. The summed E-state index contributed by atoms with van der Waals surface area (Å²) in [5.74, 6) is -0.0342. The van der Waals surface area contributed by atoms with E-state index >= 15 is 0 Å². The fourth-order valence-electron chi connectivity index (χ4n) is 2.29. The third-order valence-electron chi connectivity index (χ3n) is 3.73. The van der Waals surface area contributed by atoms with Crippen LogP contribution in [0.1, 0.15) is 18.7 Å². The second-order valence-corrected chi connectivity index (χ2v) is 8.91. The quantitative estimate of drug-likeness (QED) is 0.496. The number of anilines is 1. The molecule has 0 bridgehead atoms. The molecule has 0 aliphatic heterocycles. The zero-order valence-electron chi connectivity index (χ0n) is 15.5. The van der Waals surface area contributed by atoms with Crippen molar-refractivity contribution in [3.05, 3.63) is 50.6 Å². The van der Waals surface area contributed by atoms with Gasteiger partial charge in [-0.05, 0) is 37.3 Å². The van der Waals surface area contributed by atoms with E-state index in [1.54, 1.807) is 25.1 Å². The van der Waals surface area contributed by atoms with Crippen molar-refractivity contribution in [2.75, 3.05) is 5.32 Å². The van der Waals surface area contributed by atoms with Crippen molar-refractivity contribution in [3.8, 4) is 16.3 Å². The number of thiazole rings is 1. The minimum Gasteiger partial charge on any atom is -0.479 e. The molecule has 0 saturated heterocycles. The molecule has 3 rings (SSSR count). The van der Waals surface area contributed by atoms with Gasteiger partial charge in [-0.15, -0.1) is 22.7 Å². The van der Waals surface area contributed by atoms with Crippen molar-refractivity contribution in [2.24, 2.45) is 0 Å². The number of carbonyl (C=O) groups excluding carboxylic acids is 2. The molecule has 0 saturated carbocycles. The van der Waals surface area contributed by atoms with Crippen LogP contribution in [0, 0.1) is 0 Å². The van der Waals surface area contributed by atoms with Crippen LogP contribution in [-0.4, -0.2) is 22.9 Å². The lowest BCUT2D eigenvalue weighted by Gasteiger charge is -2.14. The molecule has 1 aromatic carbocycles. The van der Waals surface area contributed by atoms with Crippen molar-refractivity contribution in [1.82, 2.24) is 10.3 Å². The number of nitrogens with one attached hydrogen (secondary N) is 2. The highest BCUT2D eigenvalue weighted by molar-refractivity contribution is 7.17. The Bertz CT molecular complexity index is 1040. The summed E-state index contributed by atoms with van der Waals surface area (Å²) in [5.41, 5.74) is 0.763. The van der Waals surface area contributed by atoms with Crippen LogP contribution in [0.15, 0.2) is 35.7 Å². The van der Waals surface area contributed by atoms with E-state index in [2.05, 4.69) is 15.6 Å². The SMILES string of the molecule is CC(=O)NCc1ccc(-c2csc(NC(=O)[C@@H](C)Oc3ccc(Cl)cc3Cl)n2)s1. The van der Waals surface area contributed by atoms with Gasteiger partial charge in [-0.3, -0.25) is 14.9 Å². The maximum Gasteiger partial charge on any atom is 0.266 e. The number of thiophene rings is 1. The monoisotopic (exact) mass is 469 g/mol. The molecule has 2 aromatic heterocycles. The number of hydrogen-bond acceptors (Lipinski definition) is 6. The molecule has 0 aliphatic carbocycles. The van der Waals surface area contributed by atoms with E-state index in [9.17, 15) is 9.59 Å². The summed E-state index contributed by atoms with van der Waals surface area (Å²) in [6.07, 6.45) is -0.771. The molecule has 29 heavy (non-hydrogen) atoms. The Kier molecular flexibility index (Phi) is 7.13. The standard InChI is InChI=1S/C19H17Cl2N3O3S2/c1-10(27-16-5-3-12(20)7-14(16)21)18(26)24-19-23-15(9-28-19)17-6-4-13(29-17)8-22-11(2)25/h3-7,9-10H,8H2,1-2H3,(H,22,25)(H,23,24,26)/t10-/m1/s1. The van der Waals surface area contributed by atoms with E-state index in [-0.39, 0.29) is 11.8 Å². The van der Waals surface area contributed by atoms with Crippen molar-refractivity contribution >= 4 is 62.8 Å². The fraction of sp³-hybridized carbons (Fsp3) is 0.211. The first-order chi connectivity index (χ1) is 13.8. The van der Waals surface area contributed by atoms with Crippen LogP contribution in [0.3, 0.4) is 0 Å². The van der Waals surface area contributed by atoms with Gasteiger partial charge in [0.1, 0.15) is 5.75 Å². The number of aromatic nitrogens is 1. The molecule has 2 amide bonds. The number of nitrogens with zero attached hydrogens (tertiary/aromatic N) is 1. The molecule has 10 heteroatoms. The summed E-state index contributed by atoms with van der Waals surface area (Å²) in [6.45, 7) is 3.59. The zero-order chi connectivity index (χ0) is 21.0. The minimum absolute atomic E-state index is 0.0742. The molecule has 2 heterocycles. The van der Waals surface area contributed by atoms with Gasteiger partial charge in [0, 0.05) is 22.2 Å². The minimum atomic E-state index is -0.771. The van der Waals surface area contributed by atoms with Gasteiger partial charge in [-0.2, -0.15) is 0 Å². The van der Waals surface area contributed by atoms with Crippen LogP contribution < -0.4 is 15.4 Å². The smallest absolute Gasteiger partial charge is 0.266 e. The highest BCUT2D eigenvalue weighted by atomic mass is 35.5. The summed E-state index contributed by atoms with van der Waals surface area (Å²) in [6, 6.07) is 8.69. The lowest BCUT2D eigenvalue weighted by atomic mass is 10.3. The van der Waals surface area contributed by atoms with Gasteiger partial charge < -0.3 is 10.1 Å². The Balaban J connectivity index is 1.60. The van der Waals surface area contributed by atoms with Crippen LogP contribution in [-0.2, 0) is 16.1 Å². The number of hydrogen-bond donors (Lipinski definition) is 2. The first-order valence-electron chi connectivity index (χ1n) is 8.53. The van der Waals surface area contributed by atoms with E-state index < -0.39 is 6.10 Å². The van der Waals surface area contributed by atoms with E-state index in [1.807, 2.05) is 17.5 Å². The number of ether oxygens (including phenoxy) is 1. The van der Waals surface area contributed by atoms with Crippen LogP contribution >= 0.6 is 45.9 Å². The molecule has 3 aromatic rings. The second-order valence-electron chi connectivity index (χ2n) is 6.04. The van der Waals surface area contributed by atoms with Gasteiger partial charge in [0.05, 0.1) is 22.1 Å². The van der Waals surface area contributed by atoms with Crippen LogP contribution in [0.25, 0.3) is 10.6 Å². The summed E-state index contributed by atoms with van der Waals surface area (Å²) >= 11 is 14.8. The molecule has 6 nitrogen and oxygen atoms in total. The van der Waals surface area contributed by atoms with Crippen molar-refractivity contribution in [1.29, 1.82) is 0 Å². The van der Waals surface area contributed by atoms with Crippen LogP contribution in [0.5, 0.6) is 5.75 Å². The lowest BCUT2D eigenvalue weighted by molar-refractivity contribution is -0.122. The lowest BCUT2D eigenvalue weighted by Crippen LogP contribution is -2.30. The maximum atomic E-state index is 12.4. The van der Waals surface area contributed by atoms with Crippen molar-refractivity contribution in [2.45, 2.75) is 26.5 Å². The number of benzene rings is 1. The molecule has 2 N–H and O–H groups in total. The molecule has 1 atom stereocenters. The van der Waals surface area contributed by atoms with Gasteiger partial charge in [-0.25, -0.2) is 4.98 Å². The fourth-order valence-corrected chi connectivity index (χ4v) is 4.44. The van der Waals surface area contributed by atoms with E-state index in [1.165, 1.54) is 29.6 Å². The Labute approximate surface area is 185 Å². The Morgan fingerprint density at radius 3 is 2.76 bits per heavy atom. The van der Waals surface area contributed by atoms with Crippen molar-refractivity contribution < 1.29 is 14.3 Å². The summed E-state index contributed by atoms with van der Waals surface area (Å²) in [5, 5.41) is 8.68. The molecule has 0 fully saturated rings. The Morgan fingerprint density at radius 1 is 1.24 bits per heavy atom. The first-order valence-corrected chi connectivity index (χ1v) is 11.0. The van der Waals surface area contributed by atoms with Gasteiger partial charge in [0.2, 0.25) is 5.91 Å². The number of carbonyl (C=O) groups is 2. The number of rotatable bonds is 7. The largest absolute Gasteiger partial charge is 0.479 e. The van der Waals surface area contributed by atoms with Crippen LogP contribution in [0.2, 0.25) is 10.0 Å². The molecular formula is C19H17Cl2N3O3S2. The molecule has 0 aliphatic rings. The normalized spacial score (nSPS) is 11.7. The molecule has 0 spiro atoms. The van der Waals surface area contributed by atoms with Gasteiger partial charge in [0.15, 0.2) is 11.2 Å². The second kappa shape index (κ2) is 9.58. The van der Waals surface area contributed by atoms with E-state index in [0.717, 1.165) is 15.4 Å². The zero-order valence-corrected chi connectivity index (χ0v) is 18.6. The van der Waals surface area contributed by atoms with E-state index in [4.69, 9.17) is 27.9 Å². The maximum absolute atomic E-state index is 12.4. The summed E-state index contributed by atoms with van der Waals surface area (Å²) in [7, 11) is 0.